The van der Waals surface area contributed by atoms with Crippen LogP contribution in [0.15, 0.2) is 0 Å². The van der Waals surface area contributed by atoms with Crippen molar-refractivity contribution >= 4 is 15.8 Å². The van der Waals surface area contributed by atoms with Crippen molar-refractivity contribution in [1.29, 1.82) is 0 Å². The van der Waals surface area contributed by atoms with Crippen LogP contribution in [-0.4, -0.2) is 43.1 Å². The van der Waals surface area contributed by atoms with Crippen molar-refractivity contribution in [1.82, 2.24) is 5.32 Å². The Balaban J connectivity index is 2.00. The lowest BCUT2D eigenvalue weighted by Crippen LogP contribution is -2.56. The monoisotopic (exact) mass is 275 g/mol. The van der Waals surface area contributed by atoms with Gasteiger partial charge in [0, 0.05) is 0 Å². The zero-order valence-corrected chi connectivity index (χ0v) is 11.3. The maximum Gasteiger partial charge on any atom is 0.323 e. The molecule has 0 aromatic rings. The second-order valence-corrected chi connectivity index (χ2v) is 7.87. The van der Waals surface area contributed by atoms with Crippen LogP contribution in [0.1, 0.15) is 38.5 Å². The molecule has 0 aromatic carbocycles. The van der Waals surface area contributed by atoms with Crippen LogP contribution < -0.4 is 5.32 Å². The molecule has 2 saturated heterocycles. The van der Waals surface area contributed by atoms with Crippen molar-refractivity contribution in [3.8, 4) is 0 Å². The lowest BCUT2D eigenvalue weighted by Gasteiger charge is -2.38. The maximum absolute atomic E-state index is 11.5. The Labute approximate surface area is 108 Å². The summed E-state index contributed by atoms with van der Waals surface area (Å²) in [6.45, 7) is 0.747. The molecular formula is C12H21NO4S. The summed E-state index contributed by atoms with van der Waals surface area (Å²) in [6.07, 6.45) is 4.40. The van der Waals surface area contributed by atoms with Crippen LogP contribution in [-0.2, 0) is 14.6 Å². The van der Waals surface area contributed by atoms with E-state index >= 15 is 0 Å². The number of nitrogens with one attached hydrogen (secondary N) is 1. The van der Waals surface area contributed by atoms with Crippen LogP contribution in [0.3, 0.4) is 0 Å². The number of carboxylic acids is 1. The zero-order chi connectivity index (χ0) is 13.2. The molecule has 6 heteroatoms. The van der Waals surface area contributed by atoms with Crippen LogP contribution in [0.25, 0.3) is 0 Å². The van der Waals surface area contributed by atoms with Gasteiger partial charge in [-0.05, 0) is 51.0 Å². The lowest BCUT2D eigenvalue weighted by molar-refractivity contribution is -0.147. The SMILES string of the molecule is O=C(O)C1(CC2CCS(=O)(=O)CC2)CCCCN1. The van der Waals surface area contributed by atoms with Gasteiger partial charge in [-0.25, -0.2) is 8.42 Å². The van der Waals surface area contributed by atoms with Crippen molar-refractivity contribution in [2.75, 3.05) is 18.1 Å². The minimum atomic E-state index is -2.86. The molecular weight excluding hydrogens is 254 g/mol. The third-order valence-electron chi connectivity index (χ3n) is 4.21. The second kappa shape index (κ2) is 5.17. The maximum atomic E-state index is 11.5. The molecule has 0 bridgehead atoms. The highest BCUT2D eigenvalue weighted by molar-refractivity contribution is 7.91. The normalized spacial score (nSPS) is 33.1. The second-order valence-electron chi connectivity index (χ2n) is 5.57. The summed E-state index contributed by atoms with van der Waals surface area (Å²) in [6, 6.07) is 0. The summed E-state index contributed by atoms with van der Waals surface area (Å²) in [5, 5.41) is 12.6. The van der Waals surface area contributed by atoms with Gasteiger partial charge < -0.3 is 10.4 Å². The predicted octanol–water partition coefficient (Wildman–Crippen LogP) is 0.798. The molecule has 2 aliphatic rings. The smallest absolute Gasteiger partial charge is 0.323 e. The highest BCUT2D eigenvalue weighted by atomic mass is 32.2. The Morgan fingerprint density at radius 2 is 1.94 bits per heavy atom. The Morgan fingerprint density at radius 3 is 2.44 bits per heavy atom. The summed E-state index contributed by atoms with van der Waals surface area (Å²) in [5.74, 6) is -0.133. The number of aliphatic carboxylic acids is 1. The van der Waals surface area contributed by atoms with Crippen molar-refractivity contribution in [3.63, 3.8) is 0 Å². The number of hydrogen-bond donors (Lipinski definition) is 2. The molecule has 2 rings (SSSR count). The molecule has 2 heterocycles. The molecule has 1 atom stereocenters. The molecule has 2 fully saturated rings. The van der Waals surface area contributed by atoms with Gasteiger partial charge in [0.05, 0.1) is 11.5 Å². The van der Waals surface area contributed by atoms with Crippen LogP contribution in [0.4, 0.5) is 0 Å². The highest BCUT2D eigenvalue weighted by Crippen LogP contribution is 2.32. The van der Waals surface area contributed by atoms with E-state index in [1.807, 2.05) is 0 Å². The highest BCUT2D eigenvalue weighted by Gasteiger charge is 2.42. The zero-order valence-electron chi connectivity index (χ0n) is 10.5. The largest absolute Gasteiger partial charge is 0.480 e. The van der Waals surface area contributed by atoms with E-state index in [2.05, 4.69) is 5.32 Å². The van der Waals surface area contributed by atoms with Crippen molar-refractivity contribution in [3.05, 3.63) is 0 Å². The van der Waals surface area contributed by atoms with Gasteiger partial charge in [-0.15, -0.1) is 0 Å². The summed E-state index contributed by atoms with van der Waals surface area (Å²) >= 11 is 0. The molecule has 0 aromatic heterocycles. The molecule has 0 saturated carbocycles. The van der Waals surface area contributed by atoms with E-state index in [0.29, 0.717) is 25.7 Å². The third-order valence-corrected chi connectivity index (χ3v) is 5.93. The van der Waals surface area contributed by atoms with Crippen LogP contribution in [0, 0.1) is 5.92 Å². The van der Waals surface area contributed by atoms with E-state index in [0.717, 1.165) is 19.4 Å². The average Bonchev–Trinajstić information content (AvgIpc) is 2.33. The lowest BCUT2D eigenvalue weighted by atomic mass is 9.79. The van der Waals surface area contributed by atoms with E-state index in [9.17, 15) is 18.3 Å². The summed E-state index contributed by atoms with van der Waals surface area (Å²) in [7, 11) is -2.86. The van der Waals surface area contributed by atoms with Gasteiger partial charge in [-0.3, -0.25) is 4.79 Å². The fourth-order valence-corrected chi connectivity index (χ4v) is 4.64. The van der Waals surface area contributed by atoms with Crippen molar-refractivity contribution in [2.24, 2.45) is 5.92 Å². The number of rotatable bonds is 3. The molecule has 0 radical (unpaired) electrons. The van der Waals surface area contributed by atoms with Gasteiger partial charge in [0.25, 0.3) is 0 Å². The molecule has 0 spiro atoms. The molecule has 0 aliphatic carbocycles. The average molecular weight is 275 g/mol. The third kappa shape index (κ3) is 3.03. The quantitative estimate of drug-likeness (QED) is 0.796. The van der Waals surface area contributed by atoms with E-state index in [4.69, 9.17) is 0 Å². The van der Waals surface area contributed by atoms with E-state index in [1.54, 1.807) is 0 Å². The minimum absolute atomic E-state index is 0.216. The molecule has 2 aliphatic heterocycles. The summed E-state index contributed by atoms with van der Waals surface area (Å²) in [5.41, 5.74) is -0.815. The molecule has 2 N–H and O–H groups in total. The molecule has 0 amide bonds. The van der Waals surface area contributed by atoms with Crippen LogP contribution in [0.5, 0.6) is 0 Å². The Bertz CT molecular complexity index is 398. The first-order valence-corrected chi connectivity index (χ1v) is 8.45. The molecule has 104 valence electrons. The summed E-state index contributed by atoms with van der Waals surface area (Å²) < 4.78 is 22.7. The fourth-order valence-electron chi connectivity index (χ4n) is 3.05. The number of hydrogen-bond acceptors (Lipinski definition) is 4. The first kappa shape index (κ1) is 13.8. The topological polar surface area (TPSA) is 83.5 Å². The van der Waals surface area contributed by atoms with Crippen LogP contribution >= 0.6 is 0 Å². The van der Waals surface area contributed by atoms with Crippen LogP contribution in [0.2, 0.25) is 0 Å². The molecule has 18 heavy (non-hydrogen) atoms. The van der Waals surface area contributed by atoms with Crippen molar-refractivity contribution in [2.45, 2.75) is 44.1 Å². The van der Waals surface area contributed by atoms with Gasteiger partial charge in [-0.2, -0.15) is 0 Å². The first-order valence-electron chi connectivity index (χ1n) is 6.62. The van der Waals surface area contributed by atoms with Crippen molar-refractivity contribution < 1.29 is 18.3 Å². The van der Waals surface area contributed by atoms with E-state index < -0.39 is 21.3 Å². The van der Waals surface area contributed by atoms with Gasteiger partial charge in [0.2, 0.25) is 0 Å². The van der Waals surface area contributed by atoms with E-state index in [-0.39, 0.29) is 17.4 Å². The van der Waals surface area contributed by atoms with Gasteiger partial charge in [0.1, 0.15) is 15.4 Å². The first-order chi connectivity index (χ1) is 8.44. The van der Waals surface area contributed by atoms with Gasteiger partial charge >= 0.3 is 5.97 Å². The number of carboxylic acid groups (broad SMARTS) is 1. The molecule has 1 unspecified atom stereocenters. The Hall–Kier alpha value is -0.620. The number of carbonyl (C=O) groups is 1. The minimum Gasteiger partial charge on any atom is -0.480 e. The fraction of sp³-hybridized carbons (Fsp3) is 0.917. The molecule has 5 nitrogen and oxygen atoms in total. The summed E-state index contributed by atoms with van der Waals surface area (Å²) in [4.78, 5) is 11.5. The van der Waals surface area contributed by atoms with Gasteiger partial charge in [0.15, 0.2) is 0 Å². The Kier molecular flexibility index (Phi) is 3.96. The van der Waals surface area contributed by atoms with E-state index in [1.165, 1.54) is 0 Å². The Morgan fingerprint density at radius 1 is 1.28 bits per heavy atom. The number of piperidine rings is 1. The number of sulfone groups is 1. The van der Waals surface area contributed by atoms with Gasteiger partial charge in [-0.1, -0.05) is 0 Å². The predicted molar refractivity (Wildman–Crippen MR) is 68.2 cm³/mol. The standard InChI is InChI=1S/C12H21NO4S/c14-11(15)12(5-1-2-6-13-12)9-10-3-7-18(16,17)8-4-10/h10,13H,1-9H2,(H,14,15).